The monoisotopic (exact) mass is 435 g/mol. The van der Waals surface area contributed by atoms with Crippen LogP contribution in [0.15, 0.2) is 42.5 Å². The largest absolute Gasteiger partial charge is 0.497 e. The third-order valence-corrected chi connectivity index (χ3v) is 8.15. The van der Waals surface area contributed by atoms with Gasteiger partial charge < -0.3 is 19.5 Å². The third kappa shape index (κ3) is 3.52. The number of carbonyl (C=O) groups is 1. The van der Waals surface area contributed by atoms with Gasteiger partial charge in [0.2, 0.25) is 5.91 Å². The maximum Gasteiger partial charge on any atom is 0.226 e. The Balaban J connectivity index is 1.35. The zero-order valence-corrected chi connectivity index (χ0v) is 19.3. The number of methoxy groups -OCH3 is 3. The first-order chi connectivity index (χ1) is 15.5. The number of hydrogen-bond donors (Lipinski definition) is 1. The van der Waals surface area contributed by atoms with Gasteiger partial charge in [0, 0.05) is 6.54 Å². The van der Waals surface area contributed by atoms with Gasteiger partial charge in [-0.1, -0.05) is 18.2 Å². The Morgan fingerprint density at radius 2 is 1.59 bits per heavy atom. The molecule has 0 heterocycles. The summed E-state index contributed by atoms with van der Waals surface area (Å²) in [6, 6.07) is 14.4. The van der Waals surface area contributed by atoms with Gasteiger partial charge in [0.25, 0.3) is 0 Å². The minimum absolute atomic E-state index is 0.122. The Bertz CT molecular complexity index is 985. The molecule has 6 rings (SSSR count). The predicted octanol–water partition coefficient (Wildman–Crippen LogP) is 4.87. The summed E-state index contributed by atoms with van der Waals surface area (Å²) in [4.78, 5) is 13.6. The van der Waals surface area contributed by atoms with Gasteiger partial charge in [-0.15, -0.1) is 0 Å². The summed E-state index contributed by atoms with van der Waals surface area (Å²) in [5.74, 6) is 3.79. The number of ether oxygens (including phenoxy) is 3. The molecule has 2 aromatic rings. The van der Waals surface area contributed by atoms with Gasteiger partial charge in [-0.3, -0.25) is 4.79 Å². The van der Waals surface area contributed by atoms with E-state index in [9.17, 15) is 4.79 Å². The first-order valence-electron chi connectivity index (χ1n) is 11.6. The maximum atomic E-state index is 13.6. The molecule has 32 heavy (non-hydrogen) atoms. The second kappa shape index (κ2) is 8.02. The van der Waals surface area contributed by atoms with Crippen molar-refractivity contribution in [3.05, 3.63) is 53.6 Å². The molecule has 4 atom stereocenters. The zero-order valence-electron chi connectivity index (χ0n) is 19.3. The molecule has 0 saturated heterocycles. The zero-order chi connectivity index (χ0) is 22.3. The summed E-state index contributed by atoms with van der Waals surface area (Å²) in [5.41, 5.74) is 2.27. The van der Waals surface area contributed by atoms with Crippen molar-refractivity contribution < 1.29 is 19.0 Å². The van der Waals surface area contributed by atoms with Crippen LogP contribution in [-0.2, 0) is 16.8 Å². The number of amides is 1. The van der Waals surface area contributed by atoms with Crippen molar-refractivity contribution in [1.29, 1.82) is 0 Å². The van der Waals surface area contributed by atoms with Crippen molar-refractivity contribution in [2.24, 2.45) is 17.3 Å². The molecule has 1 amide bonds. The maximum absolute atomic E-state index is 13.6. The van der Waals surface area contributed by atoms with Crippen molar-refractivity contribution in [2.45, 2.75) is 50.5 Å². The fourth-order valence-electron chi connectivity index (χ4n) is 7.17. The predicted molar refractivity (Wildman–Crippen MR) is 123 cm³/mol. The SMILES string of the molecule is COc1ccc(C23C[C@@H]4C[C@@H](CC(C(=O)NCc5ccc(OC)c(OC)c5)(C4)C2)C3)cc1. The highest BCUT2D eigenvalue weighted by Gasteiger charge is 2.60. The molecular formula is C27H33NO4. The van der Waals surface area contributed by atoms with Crippen LogP contribution in [0.2, 0.25) is 0 Å². The number of nitrogens with one attached hydrogen (secondary N) is 1. The molecule has 0 aromatic heterocycles. The van der Waals surface area contributed by atoms with Gasteiger partial charge in [0.1, 0.15) is 5.75 Å². The number of carbonyl (C=O) groups excluding carboxylic acids is 1. The van der Waals surface area contributed by atoms with E-state index in [1.54, 1.807) is 21.3 Å². The number of hydrogen-bond acceptors (Lipinski definition) is 4. The van der Waals surface area contributed by atoms with E-state index in [0.717, 1.165) is 30.6 Å². The van der Waals surface area contributed by atoms with E-state index in [1.807, 2.05) is 18.2 Å². The van der Waals surface area contributed by atoms with Crippen LogP contribution in [0.25, 0.3) is 0 Å². The molecule has 170 valence electrons. The second-order valence-corrected chi connectivity index (χ2v) is 10.1. The van der Waals surface area contributed by atoms with Crippen LogP contribution in [-0.4, -0.2) is 27.2 Å². The lowest BCUT2D eigenvalue weighted by atomic mass is 9.42. The quantitative estimate of drug-likeness (QED) is 0.674. The molecule has 0 spiro atoms. The fraction of sp³-hybridized carbons (Fsp3) is 0.519. The minimum atomic E-state index is -0.249. The molecule has 2 aromatic carbocycles. The molecule has 5 nitrogen and oxygen atoms in total. The van der Waals surface area contributed by atoms with Gasteiger partial charge in [-0.2, -0.15) is 0 Å². The van der Waals surface area contributed by atoms with Crippen LogP contribution in [0.5, 0.6) is 17.2 Å². The molecular weight excluding hydrogens is 402 g/mol. The van der Waals surface area contributed by atoms with E-state index in [1.165, 1.54) is 24.8 Å². The standard InChI is InChI=1S/C27H33NO4/c1-30-22-7-5-21(6-8-22)26-12-19-10-20(13-26)15-27(14-19,17-26)25(29)28-16-18-4-9-23(31-2)24(11-18)32-3/h4-9,11,19-20H,10,12-17H2,1-3H3,(H,28,29)/t19-,20+,26?,27?. The molecule has 0 aliphatic heterocycles. The first kappa shape index (κ1) is 21.2. The average Bonchev–Trinajstić information content (AvgIpc) is 2.81. The Morgan fingerprint density at radius 1 is 0.906 bits per heavy atom. The Hall–Kier alpha value is -2.69. The highest BCUT2D eigenvalue weighted by molar-refractivity contribution is 5.83. The molecule has 4 aliphatic rings. The summed E-state index contributed by atoms with van der Waals surface area (Å²) in [7, 11) is 4.97. The van der Waals surface area contributed by atoms with Gasteiger partial charge >= 0.3 is 0 Å². The van der Waals surface area contributed by atoms with E-state index in [4.69, 9.17) is 14.2 Å². The molecule has 5 heteroatoms. The van der Waals surface area contributed by atoms with E-state index in [-0.39, 0.29) is 16.7 Å². The Kier molecular flexibility index (Phi) is 5.31. The summed E-state index contributed by atoms with van der Waals surface area (Å²) >= 11 is 0. The summed E-state index contributed by atoms with van der Waals surface area (Å²) in [6.07, 6.45) is 6.71. The number of benzene rings is 2. The molecule has 1 N–H and O–H groups in total. The van der Waals surface area contributed by atoms with Gasteiger partial charge in [0.05, 0.1) is 26.7 Å². The van der Waals surface area contributed by atoms with E-state index in [2.05, 4.69) is 29.6 Å². The topological polar surface area (TPSA) is 56.8 Å². The van der Waals surface area contributed by atoms with Crippen LogP contribution < -0.4 is 19.5 Å². The molecule has 4 fully saturated rings. The third-order valence-electron chi connectivity index (χ3n) is 8.15. The lowest BCUT2D eigenvalue weighted by molar-refractivity contribution is -0.149. The normalized spacial score (nSPS) is 30.1. The molecule has 4 bridgehead atoms. The first-order valence-corrected chi connectivity index (χ1v) is 11.6. The molecule has 4 aliphatic carbocycles. The second-order valence-electron chi connectivity index (χ2n) is 10.1. The average molecular weight is 436 g/mol. The lowest BCUT2D eigenvalue weighted by Gasteiger charge is -2.61. The van der Waals surface area contributed by atoms with Crippen LogP contribution >= 0.6 is 0 Å². The smallest absolute Gasteiger partial charge is 0.226 e. The van der Waals surface area contributed by atoms with Crippen molar-refractivity contribution >= 4 is 5.91 Å². The number of rotatable bonds is 7. The highest BCUT2D eigenvalue weighted by Crippen LogP contribution is 2.65. The fourth-order valence-corrected chi connectivity index (χ4v) is 7.17. The van der Waals surface area contributed by atoms with Crippen LogP contribution in [0.1, 0.15) is 49.7 Å². The highest BCUT2D eigenvalue weighted by atomic mass is 16.5. The Morgan fingerprint density at radius 3 is 2.22 bits per heavy atom. The van der Waals surface area contributed by atoms with Crippen LogP contribution in [0.4, 0.5) is 0 Å². The Labute approximate surface area is 190 Å². The van der Waals surface area contributed by atoms with Crippen molar-refractivity contribution in [3.8, 4) is 17.2 Å². The van der Waals surface area contributed by atoms with Crippen LogP contribution in [0, 0.1) is 17.3 Å². The van der Waals surface area contributed by atoms with Gasteiger partial charge in [-0.05, 0) is 91.2 Å². The molecule has 2 unspecified atom stereocenters. The van der Waals surface area contributed by atoms with E-state index < -0.39 is 0 Å². The molecule has 0 radical (unpaired) electrons. The van der Waals surface area contributed by atoms with Gasteiger partial charge in [0.15, 0.2) is 11.5 Å². The summed E-state index contributed by atoms with van der Waals surface area (Å²) in [6.45, 7) is 0.506. The van der Waals surface area contributed by atoms with E-state index in [0.29, 0.717) is 29.9 Å². The summed E-state index contributed by atoms with van der Waals surface area (Å²) < 4.78 is 16.1. The van der Waals surface area contributed by atoms with E-state index >= 15 is 0 Å². The van der Waals surface area contributed by atoms with Crippen LogP contribution in [0.3, 0.4) is 0 Å². The van der Waals surface area contributed by atoms with Crippen molar-refractivity contribution in [2.75, 3.05) is 21.3 Å². The lowest BCUT2D eigenvalue weighted by Crippen LogP contribution is -2.59. The summed E-state index contributed by atoms with van der Waals surface area (Å²) in [5, 5.41) is 3.28. The van der Waals surface area contributed by atoms with Gasteiger partial charge in [-0.25, -0.2) is 0 Å². The molecule has 4 saturated carbocycles. The van der Waals surface area contributed by atoms with Crippen molar-refractivity contribution in [3.63, 3.8) is 0 Å². The minimum Gasteiger partial charge on any atom is -0.497 e. The van der Waals surface area contributed by atoms with Crippen molar-refractivity contribution in [1.82, 2.24) is 5.32 Å².